The topological polar surface area (TPSA) is 109 Å². The second kappa shape index (κ2) is 7.87. The molecule has 1 atom stereocenters. The molecule has 0 radical (unpaired) electrons. The third-order valence-corrected chi connectivity index (χ3v) is 5.20. The van der Waals surface area contributed by atoms with Crippen molar-refractivity contribution < 1.29 is 24.2 Å². The summed E-state index contributed by atoms with van der Waals surface area (Å²) in [7, 11) is 1.52. The van der Waals surface area contributed by atoms with Crippen molar-refractivity contribution in [1.29, 1.82) is 0 Å². The molecule has 1 aliphatic heterocycles. The zero-order valence-corrected chi connectivity index (χ0v) is 17.1. The molecule has 2 amide bonds. The number of ether oxygens (including phenoxy) is 1. The first-order chi connectivity index (χ1) is 13.7. The molecule has 1 unspecified atom stereocenters. The molecule has 1 N–H and O–H groups in total. The molecule has 1 aliphatic carbocycles. The molecule has 8 heteroatoms. The van der Waals surface area contributed by atoms with Crippen LogP contribution in [0, 0.1) is 5.41 Å². The number of fused-ring (bicyclic) bond motifs is 1. The van der Waals surface area contributed by atoms with Crippen molar-refractivity contribution in [1.82, 2.24) is 4.90 Å². The molecule has 0 saturated heterocycles. The predicted molar refractivity (Wildman–Crippen MR) is 105 cm³/mol. The van der Waals surface area contributed by atoms with Gasteiger partial charge in [0, 0.05) is 20.0 Å². The van der Waals surface area contributed by atoms with Crippen molar-refractivity contribution in [3.05, 3.63) is 40.8 Å². The van der Waals surface area contributed by atoms with Gasteiger partial charge in [-0.05, 0) is 24.0 Å². The fraction of sp³-hybridized carbons (Fsp3) is 0.476. The molecule has 1 aromatic rings. The molecule has 0 fully saturated rings. The number of benzene rings is 1. The number of carbonyl (C=O) groups excluding carboxylic acids is 3. The molecule has 8 nitrogen and oxygen atoms in total. The van der Waals surface area contributed by atoms with Crippen LogP contribution in [0.1, 0.15) is 60.7 Å². The lowest BCUT2D eigenvalue weighted by molar-refractivity contribution is -0.118. The maximum atomic E-state index is 13.0. The summed E-state index contributed by atoms with van der Waals surface area (Å²) in [4.78, 5) is 39.3. The number of hydrogen-bond acceptors (Lipinski definition) is 7. The second-order valence-electron chi connectivity index (χ2n) is 8.13. The highest BCUT2D eigenvalue weighted by molar-refractivity contribution is 6.23. The van der Waals surface area contributed by atoms with Crippen LogP contribution < -0.4 is 0 Å². The Labute approximate surface area is 169 Å². The van der Waals surface area contributed by atoms with Crippen molar-refractivity contribution >= 4 is 23.3 Å². The molecule has 0 spiro atoms. The number of carbonyl (C=O) groups is 3. The fourth-order valence-corrected chi connectivity index (χ4v) is 3.76. The molecule has 154 valence electrons. The number of imide groups is 1. The number of ketones is 1. The van der Waals surface area contributed by atoms with Crippen LogP contribution in [0.3, 0.4) is 0 Å². The summed E-state index contributed by atoms with van der Waals surface area (Å²) in [5.74, 6) is -1.27. The van der Waals surface area contributed by atoms with E-state index < -0.39 is 11.8 Å². The van der Waals surface area contributed by atoms with E-state index in [2.05, 4.69) is 10.2 Å². The zero-order chi connectivity index (χ0) is 21.3. The minimum atomic E-state index is -0.460. The first kappa shape index (κ1) is 20.9. The van der Waals surface area contributed by atoms with Gasteiger partial charge < -0.3 is 9.84 Å². The maximum absolute atomic E-state index is 13.0. The number of amides is 2. The molecule has 3 rings (SSSR count). The number of hydrogen-bond donors (Lipinski definition) is 1. The lowest BCUT2D eigenvalue weighted by Crippen LogP contribution is -2.42. The van der Waals surface area contributed by atoms with Gasteiger partial charge in [0.15, 0.2) is 11.5 Å². The summed E-state index contributed by atoms with van der Waals surface area (Å²) >= 11 is 0. The molecular formula is C21H25N3O5. The number of rotatable bonds is 6. The molecule has 1 aromatic carbocycles. The van der Waals surface area contributed by atoms with E-state index in [0.717, 1.165) is 0 Å². The Morgan fingerprint density at radius 1 is 1.17 bits per heavy atom. The average molecular weight is 399 g/mol. The van der Waals surface area contributed by atoms with E-state index in [1.54, 1.807) is 18.2 Å². The Hall–Kier alpha value is -2.87. The van der Waals surface area contributed by atoms with Gasteiger partial charge in [0.25, 0.3) is 11.8 Å². The Balaban J connectivity index is 1.96. The predicted octanol–water partition coefficient (Wildman–Crippen LogP) is 3.95. The Kier molecular flexibility index (Phi) is 5.66. The van der Waals surface area contributed by atoms with E-state index >= 15 is 0 Å². The quantitative estimate of drug-likeness (QED) is 0.575. The van der Waals surface area contributed by atoms with E-state index in [0.29, 0.717) is 12.8 Å². The van der Waals surface area contributed by atoms with Crippen molar-refractivity contribution in [3.63, 3.8) is 0 Å². The highest BCUT2D eigenvalue weighted by Crippen LogP contribution is 2.37. The van der Waals surface area contributed by atoms with Gasteiger partial charge in [0.2, 0.25) is 0 Å². The summed E-state index contributed by atoms with van der Waals surface area (Å²) in [6, 6.07) is 4.35. The van der Waals surface area contributed by atoms with E-state index in [9.17, 15) is 19.5 Å². The monoisotopic (exact) mass is 399 g/mol. The number of aliphatic hydroxyl groups excluding tert-OH is 1. The van der Waals surface area contributed by atoms with Crippen molar-refractivity contribution in [2.24, 2.45) is 15.6 Å². The Morgan fingerprint density at radius 2 is 1.90 bits per heavy atom. The molecular weight excluding hydrogens is 374 g/mol. The van der Waals surface area contributed by atoms with Gasteiger partial charge in [-0.2, -0.15) is 0 Å². The van der Waals surface area contributed by atoms with Crippen LogP contribution in [0.15, 0.2) is 39.9 Å². The van der Waals surface area contributed by atoms with Crippen LogP contribution in [0.2, 0.25) is 0 Å². The van der Waals surface area contributed by atoms with Gasteiger partial charge in [-0.15, -0.1) is 10.2 Å². The van der Waals surface area contributed by atoms with Gasteiger partial charge in [-0.3, -0.25) is 19.3 Å². The second-order valence-corrected chi connectivity index (χ2v) is 8.13. The van der Waals surface area contributed by atoms with E-state index in [1.165, 1.54) is 12.0 Å². The molecule has 29 heavy (non-hydrogen) atoms. The largest absolute Gasteiger partial charge is 0.510 e. The Morgan fingerprint density at radius 3 is 2.52 bits per heavy atom. The molecule has 1 heterocycles. The first-order valence-electron chi connectivity index (χ1n) is 9.57. The van der Waals surface area contributed by atoms with Crippen molar-refractivity contribution in [3.8, 4) is 0 Å². The Bertz CT molecular complexity index is 932. The fourth-order valence-electron chi connectivity index (χ4n) is 3.76. The SMILES string of the molecule is CCC(COC)N1C(=O)c2cccc(N=NC3=C(O)CC(C)(C)CC3=O)c2C1=O. The van der Waals surface area contributed by atoms with Crippen LogP contribution in [0.4, 0.5) is 5.69 Å². The number of methoxy groups -OCH3 is 1. The van der Waals surface area contributed by atoms with Crippen molar-refractivity contribution in [2.45, 2.75) is 46.1 Å². The smallest absolute Gasteiger partial charge is 0.264 e. The standard InChI is InChI=1S/C21H25N3O5/c1-5-12(11-29-4)24-19(27)13-7-6-8-14(17(13)20(24)28)22-23-18-15(25)9-21(2,3)10-16(18)26/h6-8,12,25H,5,9-11H2,1-4H3. The number of Topliss-reactive ketones (excluding diaryl/α,β-unsaturated/α-hetero) is 1. The summed E-state index contributed by atoms with van der Waals surface area (Å²) < 4.78 is 5.14. The first-order valence-corrected chi connectivity index (χ1v) is 9.57. The van der Waals surface area contributed by atoms with E-state index in [-0.39, 0.29) is 58.5 Å². The van der Waals surface area contributed by atoms with Crippen LogP contribution in [0.5, 0.6) is 0 Å². The minimum Gasteiger partial charge on any atom is -0.510 e. The van der Waals surface area contributed by atoms with Crippen molar-refractivity contribution in [2.75, 3.05) is 13.7 Å². The average Bonchev–Trinajstić information content (AvgIpc) is 2.90. The van der Waals surface area contributed by atoms with Crippen LogP contribution in [0.25, 0.3) is 0 Å². The van der Waals surface area contributed by atoms with Crippen LogP contribution in [-0.2, 0) is 9.53 Å². The normalized spacial score (nSPS) is 20.0. The van der Waals surface area contributed by atoms with Crippen LogP contribution in [-0.4, -0.2) is 47.4 Å². The van der Waals surface area contributed by atoms with Gasteiger partial charge in [0.1, 0.15) is 5.76 Å². The molecule has 0 aromatic heterocycles. The third-order valence-electron chi connectivity index (χ3n) is 5.20. The summed E-state index contributed by atoms with van der Waals surface area (Å²) in [6.07, 6.45) is 1.13. The van der Waals surface area contributed by atoms with Gasteiger partial charge in [0.05, 0.1) is 29.5 Å². The highest BCUT2D eigenvalue weighted by atomic mass is 16.5. The maximum Gasteiger partial charge on any atom is 0.264 e. The summed E-state index contributed by atoms with van der Waals surface area (Å²) in [5, 5.41) is 18.2. The van der Waals surface area contributed by atoms with E-state index in [1.807, 2.05) is 20.8 Å². The third kappa shape index (κ3) is 3.85. The molecule has 2 aliphatic rings. The number of aliphatic hydroxyl groups is 1. The number of nitrogens with zero attached hydrogens (tertiary/aromatic N) is 3. The minimum absolute atomic E-state index is 0.0959. The number of allylic oxidation sites excluding steroid dienone is 2. The lowest BCUT2D eigenvalue weighted by Gasteiger charge is -2.27. The molecule has 0 saturated carbocycles. The summed E-state index contributed by atoms with van der Waals surface area (Å²) in [5.41, 5.74) is 0.151. The lowest BCUT2D eigenvalue weighted by atomic mass is 9.78. The van der Waals surface area contributed by atoms with Gasteiger partial charge in [-0.25, -0.2) is 0 Å². The van der Waals surface area contributed by atoms with Gasteiger partial charge >= 0.3 is 0 Å². The van der Waals surface area contributed by atoms with Gasteiger partial charge in [-0.1, -0.05) is 26.8 Å². The molecule has 0 bridgehead atoms. The van der Waals surface area contributed by atoms with Crippen LogP contribution >= 0.6 is 0 Å². The summed E-state index contributed by atoms with van der Waals surface area (Å²) in [6.45, 7) is 5.90. The zero-order valence-electron chi connectivity index (χ0n) is 17.1. The number of azo groups is 1. The highest BCUT2D eigenvalue weighted by Gasteiger charge is 2.41. The van der Waals surface area contributed by atoms with E-state index in [4.69, 9.17) is 4.74 Å².